The van der Waals surface area contributed by atoms with Crippen LogP contribution < -0.4 is 5.32 Å². The summed E-state index contributed by atoms with van der Waals surface area (Å²) in [5.41, 5.74) is 1.11. The zero-order chi connectivity index (χ0) is 14.7. The van der Waals surface area contributed by atoms with Gasteiger partial charge in [-0.15, -0.1) is 0 Å². The fourth-order valence-electron chi connectivity index (χ4n) is 2.19. The Balaban J connectivity index is 2.28. The lowest BCUT2D eigenvalue weighted by molar-refractivity contribution is 0.0902. The van der Waals surface area contributed by atoms with Gasteiger partial charge in [-0.3, -0.25) is 4.79 Å². The van der Waals surface area contributed by atoms with E-state index in [0.717, 1.165) is 6.42 Å². The van der Waals surface area contributed by atoms with Crippen LogP contribution in [0, 0.1) is 12.7 Å². The van der Waals surface area contributed by atoms with Crippen LogP contribution in [0.1, 0.15) is 35.9 Å². The van der Waals surface area contributed by atoms with Crippen molar-refractivity contribution in [1.29, 1.82) is 0 Å². The molecule has 20 heavy (non-hydrogen) atoms. The van der Waals surface area contributed by atoms with E-state index in [0.29, 0.717) is 23.0 Å². The maximum absolute atomic E-state index is 13.2. The van der Waals surface area contributed by atoms with Crippen LogP contribution in [0.2, 0.25) is 0 Å². The lowest BCUT2D eigenvalue weighted by Gasteiger charge is -2.14. The van der Waals surface area contributed by atoms with E-state index in [1.54, 1.807) is 6.92 Å². The number of hydrogen-bond acceptors (Lipinski definition) is 3. The minimum absolute atomic E-state index is 0.0170. The van der Waals surface area contributed by atoms with Gasteiger partial charge in [-0.25, -0.2) is 4.39 Å². The topological polar surface area (TPSA) is 62.5 Å². The van der Waals surface area contributed by atoms with Gasteiger partial charge in [0.05, 0.1) is 0 Å². The highest BCUT2D eigenvalue weighted by atomic mass is 19.1. The Labute approximate surface area is 116 Å². The molecule has 1 aromatic carbocycles. The van der Waals surface area contributed by atoms with E-state index >= 15 is 0 Å². The Hall–Kier alpha value is -1.88. The summed E-state index contributed by atoms with van der Waals surface area (Å²) in [6.45, 7) is 3.68. The number of furan rings is 1. The van der Waals surface area contributed by atoms with Gasteiger partial charge in [-0.05, 0) is 38.0 Å². The fourth-order valence-corrected chi connectivity index (χ4v) is 2.19. The van der Waals surface area contributed by atoms with Crippen molar-refractivity contribution in [2.75, 3.05) is 6.61 Å². The quantitative estimate of drug-likeness (QED) is 0.884. The van der Waals surface area contributed by atoms with Crippen LogP contribution in [0.25, 0.3) is 11.0 Å². The molecule has 0 saturated heterocycles. The van der Waals surface area contributed by atoms with Gasteiger partial charge in [-0.1, -0.05) is 6.92 Å². The van der Waals surface area contributed by atoms with Gasteiger partial charge in [0, 0.05) is 23.6 Å². The highest BCUT2D eigenvalue weighted by Crippen LogP contribution is 2.26. The smallest absolute Gasteiger partial charge is 0.287 e. The zero-order valence-corrected chi connectivity index (χ0v) is 11.6. The summed E-state index contributed by atoms with van der Waals surface area (Å²) in [7, 11) is 0. The van der Waals surface area contributed by atoms with Gasteiger partial charge < -0.3 is 14.8 Å². The molecule has 0 aliphatic heterocycles. The van der Waals surface area contributed by atoms with Gasteiger partial charge in [0.15, 0.2) is 5.76 Å². The monoisotopic (exact) mass is 279 g/mol. The van der Waals surface area contributed by atoms with Gasteiger partial charge in [0.2, 0.25) is 0 Å². The van der Waals surface area contributed by atoms with Gasteiger partial charge in [-0.2, -0.15) is 0 Å². The highest BCUT2D eigenvalue weighted by molar-refractivity contribution is 5.99. The Morgan fingerprint density at radius 1 is 1.50 bits per heavy atom. The number of fused-ring (bicyclic) bond motifs is 1. The molecule has 1 amide bonds. The molecule has 0 saturated carbocycles. The lowest BCUT2D eigenvalue weighted by Crippen LogP contribution is -2.35. The van der Waals surface area contributed by atoms with Crippen LogP contribution in [0.4, 0.5) is 4.39 Å². The fraction of sp³-hybridized carbons (Fsp3) is 0.400. The maximum atomic E-state index is 13.2. The molecule has 5 heteroatoms. The minimum atomic E-state index is -0.361. The van der Waals surface area contributed by atoms with Crippen molar-refractivity contribution >= 4 is 16.9 Å². The van der Waals surface area contributed by atoms with Crippen molar-refractivity contribution in [2.24, 2.45) is 0 Å². The van der Waals surface area contributed by atoms with Gasteiger partial charge in [0.1, 0.15) is 11.4 Å². The first-order chi connectivity index (χ1) is 9.56. The van der Waals surface area contributed by atoms with Crippen molar-refractivity contribution in [3.63, 3.8) is 0 Å². The Kier molecular flexibility index (Phi) is 4.39. The van der Waals surface area contributed by atoms with E-state index in [1.807, 2.05) is 6.92 Å². The average Bonchev–Trinajstić information content (AvgIpc) is 2.75. The zero-order valence-electron chi connectivity index (χ0n) is 11.6. The van der Waals surface area contributed by atoms with E-state index < -0.39 is 0 Å². The highest BCUT2D eigenvalue weighted by Gasteiger charge is 2.20. The molecule has 1 unspecified atom stereocenters. The third-order valence-corrected chi connectivity index (χ3v) is 3.41. The van der Waals surface area contributed by atoms with Crippen LogP contribution in [-0.4, -0.2) is 23.7 Å². The second-order valence-corrected chi connectivity index (χ2v) is 4.79. The summed E-state index contributed by atoms with van der Waals surface area (Å²) in [5, 5.41) is 12.4. The van der Waals surface area contributed by atoms with Crippen LogP contribution in [0.3, 0.4) is 0 Å². The van der Waals surface area contributed by atoms with Gasteiger partial charge >= 0.3 is 0 Å². The Bertz CT molecular complexity index is 621. The van der Waals surface area contributed by atoms with Crippen LogP contribution in [0.15, 0.2) is 22.6 Å². The first kappa shape index (κ1) is 14.5. The van der Waals surface area contributed by atoms with Crippen LogP contribution in [-0.2, 0) is 0 Å². The lowest BCUT2D eigenvalue weighted by atomic mass is 10.1. The number of amides is 1. The van der Waals surface area contributed by atoms with Crippen molar-refractivity contribution in [1.82, 2.24) is 5.32 Å². The number of rotatable bonds is 5. The molecule has 0 radical (unpaired) electrons. The number of aliphatic hydroxyl groups is 1. The predicted octanol–water partition coefficient (Wildman–Crippen LogP) is 2.77. The molecule has 0 fully saturated rings. The number of halogens is 1. The number of aryl methyl sites for hydroxylation is 1. The molecular formula is C15H18FNO3. The van der Waals surface area contributed by atoms with E-state index in [-0.39, 0.29) is 30.1 Å². The summed E-state index contributed by atoms with van der Waals surface area (Å²) >= 11 is 0. The number of carbonyl (C=O) groups is 1. The number of hydrogen-bond donors (Lipinski definition) is 2. The largest absolute Gasteiger partial charge is 0.451 e. The molecule has 2 rings (SSSR count). The van der Waals surface area contributed by atoms with Crippen molar-refractivity contribution in [3.05, 3.63) is 35.3 Å². The predicted molar refractivity (Wildman–Crippen MR) is 74.2 cm³/mol. The van der Waals surface area contributed by atoms with Crippen LogP contribution >= 0.6 is 0 Å². The van der Waals surface area contributed by atoms with Crippen molar-refractivity contribution in [3.8, 4) is 0 Å². The number of nitrogens with one attached hydrogen (secondary N) is 1. The second-order valence-electron chi connectivity index (χ2n) is 4.79. The van der Waals surface area contributed by atoms with Crippen molar-refractivity contribution in [2.45, 2.75) is 32.7 Å². The summed E-state index contributed by atoms with van der Waals surface area (Å²) in [6, 6.07) is 4.07. The number of aliphatic hydroxyl groups excluding tert-OH is 1. The first-order valence-corrected chi connectivity index (χ1v) is 6.67. The van der Waals surface area contributed by atoms with E-state index in [2.05, 4.69) is 5.32 Å². The third-order valence-electron chi connectivity index (χ3n) is 3.41. The molecule has 0 aliphatic rings. The first-order valence-electron chi connectivity index (χ1n) is 6.67. The maximum Gasteiger partial charge on any atom is 0.287 e. The normalized spacial score (nSPS) is 12.6. The molecule has 1 aromatic heterocycles. The van der Waals surface area contributed by atoms with Crippen LogP contribution in [0.5, 0.6) is 0 Å². The SMILES string of the molecule is CCC(CCO)NC(=O)c1oc2ccc(F)cc2c1C. The molecular weight excluding hydrogens is 261 g/mol. The standard InChI is InChI=1S/C15H18FNO3/c1-3-11(6-7-18)17-15(19)14-9(2)12-8-10(16)4-5-13(12)20-14/h4-5,8,11,18H,3,6-7H2,1-2H3,(H,17,19). The Morgan fingerprint density at radius 3 is 2.90 bits per heavy atom. The van der Waals surface area contributed by atoms with E-state index in [9.17, 15) is 9.18 Å². The average molecular weight is 279 g/mol. The molecule has 108 valence electrons. The molecule has 2 aromatic rings. The summed E-state index contributed by atoms with van der Waals surface area (Å²) < 4.78 is 18.7. The summed E-state index contributed by atoms with van der Waals surface area (Å²) in [6.07, 6.45) is 1.22. The molecule has 4 nitrogen and oxygen atoms in total. The second kappa shape index (κ2) is 6.05. The number of carbonyl (C=O) groups excluding carboxylic acids is 1. The number of benzene rings is 1. The minimum Gasteiger partial charge on any atom is -0.451 e. The molecule has 2 N–H and O–H groups in total. The molecule has 1 heterocycles. The van der Waals surface area contributed by atoms with E-state index in [4.69, 9.17) is 9.52 Å². The summed E-state index contributed by atoms with van der Waals surface area (Å²) in [5.74, 6) is -0.499. The molecule has 0 aliphatic carbocycles. The third kappa shape index (κ3) is 2.82. The van der Waals surface area contributed by atoms with Crippen molar-refractivity contribution < 1.29 is 18.7 Å². The van der Waals surface area contributed by atoms with Gasteiger partial charge in [0.25, 0.3) is 5.91 Å². The Morgan fingerprint density at radius 2 is 2.25 bits per heavy atom. The summed E-state index contributed by atoms with van der Waals surface area (Å²) in [4.78, 5) is 12.2. The molecule has 1 atom stereocenters. The molecule has 0 bridgehead atoms. The molecule has 0 spiro atoms. The van der Waals surface area contributed by atoms with E-state index in [1.165, 1.54) is 18.2 Å².